The predicted octanol–water partition coefficient (Wildman–Crippen LogP) is 21.9. The topological polar surface area (TPSA) is 78.9 Å². The maximum absolute atomic E-state index is 12.9. The maximum atomic E-state index is 12.9. The van der Waals surface area contributed by atoms with Crippen molar-refractivity contribution >= 4 is 17.9 Å². The van der Waals surface area contributed by atoms with Gasteiger partial charge in [0, 0.05) is 19.3 Å². The molecule has 0 saturated heterocycles. The summed E-state index contributed by atoms with van der Waals surface area (Å²) in [5, 5.41) is 0. The smallest absolute Gasteiger partial charge is 0.306 e. The molecule has 0 aliphatic heterocycles. The molecule has 1 atom stereocenters. The van der Waals surface area contributed by atoms with Crippen molar-refractivity contribution in [2.45, 2.75) is 258 Å². The first-order valence-corrected chi connectivity index (χ1v) is 31.6. The molecule has 0 rings (SSSR count). The van der Waals surface area contributed by atoms with Crippen LogP contribution in [-0.2, 0) is 28.6 Å². The number of ether oxygens (including phenoxy) is 3. The summed E-state index contributed by atoms with van der Waals surface area (Å²) in [7, 11) is 0. The summed E-state index contributed by atoms with van der Waals surface area (Å²) >= 11 is 0. The average Bonchev–Trinajstić information content (AvgIpc) is 3.45. The minimum atomic E-state index is -0.817. The normalized spacial score (nSPS) is 13.3. The molecule has 0 bridgehead atoms. The molecular formula is C73H114O6. The van der Waals surface area contributed by atoms with Crippen LogP contribution in [0.1, 0.15) is 252 Å². The summed E-state index contributed by atoms with van der Waals surface area (Å²) in [6.07, 6.45) is 96.4. The number of carbonyl (C=O) groups is 3. The monoisotopic (exact) mass is 1090 g/mol. The molecule has 6 heteroatoms. The summed E-state index contributed by atoms with van der Waals surface area (Å²) in [5.74, 6) is -0.972. The van der Waals surface area contributed by atoms with Crippen LogP contribution in [0.3, 0.4) is 0 Å². The fourth-order valence-electron chi connectivity index (χ4n) is 8.07. The van der Waals surface area contributed by atoms with Crippen LogP contribution in [0.15, 0.2) is 170 Å². The maximum Gasteiger partial charge on any atom is 0.306 e. The lowest BCUT2D eigenvalue weighted by Gasteiger charge is -2.18. The van der Waals surface area contributed by atoms with Crippen LogP contribution < -0.4 is 0 Å². The number of hydrogen-bond donors (Lipinski definition) is 0. The summed E-state index contributed by atoms with van der Waals surface area (Å²) in [5.41, 5.74) is 0. The molecule has 0 aliphatic carbocycles. The van der Waals surface area contributed by atoms with E-state index in [0.29, 0.717) is 19.3 Å². The van der Waals surface area contributed by atoms with Crippen molar-refractivity contribution in [1.82, 2.24) is 0 Å². The lowest BCUT2D eigenvalue weighted by Crippen LogP contribution is -2.30. The third-order valence-corrected chi connectivity index (χ3v) is 12.7. The molecule has 0 aliphatic rings. The third-order valence-electron chi connectivity index (χ3n) is 12.7. The van der Waals surface area contributed by atoms with Gasteiger partial charge in [0.2, 0.25) is 0 Å². The van der Waals surface area contributed by atoms with Crippen LogP contribution in [0.2, 0.25) is 0 Å². The van der Waals surface area contributed by atoms with Gasteiger partial charge >= 0.3 is 17.9 Å². The highest BCUT2D eigenvalue weighted by molar-refractivity contribution is 5.71. The van der Waals surface area contributed by atoms with Crippen LogP contribution in [0.25, 0.3) is 0 Å². The fraction of sp³-hybridized carbons (Fsp3) is 0.575. The van der Waals surface area contributed by atoms with Crippen LogP contribution in [0.4, 0.5) is 0 Å². The average molecular weight is 1090 g/mol. The van der Waals surface area contributed by atoms with Crippen LogP contribution in [0.5, 0.6) is 0 Å². The Balaban J connectivity index is 4.46. The Hall–Kier alpha value is -5.23. The van der Waals surface area contributed by atoms with E-state index in [1.807, 2.05) is 0 Å². The van der Waals surface area contributed by atoms with E-state index in [9.17, 15) is 14.4 Å². The highest BCUT2D eigenvalue weighted by Gasteiger charge is 2.19. The van der Waals surface area contributed by atoms with Crippen LogP contribution >= 0.6 is 0 Å². The van der Waals surface area contributed by atoms with Crippen LogP contribution in [-0.4, -0.2) is 37.2 Å². The molecule has 79 heavy (non-hydrogen) atoms. The molecule has 0 fully saturated rings. The fourth-order valence-corrected chi connectivity index (χ4v) is 8.07. The number of esters is 3. The Morgan fingerprint density at radius 3 is 0.722 bits per heavy atom. The molecule has 0 aromatic heterocycles. The van der Waals surface area contributed by atoms with E-state index >= 15 is 0 Å². The molecular weight excluding hydrogens is 973 g/mol. The van der Waals surface area contributed by atoms with Crippen molar-refractivity contribution in [1.29, 1.82) is 0 Å². The van der Waals surface area contributed by atoms with Crippen molar-refractivity contribution < 1.29 is 28.6 Å². The first-order chi connectivity index (χ1) is 39.0. The van der Waals surface area contributed by atoms with Gasteiger partial charge in [-0.15, -0.1) is 0 Å². The number of rotatable bonds is 55. The lowest BCUT2D eigenvalue weighted by molar-refractivity contribution is -0.167. The Bertz CT molecular complexity index is 1820. The molecule has 0 spiro atoms. The summed E-state index contributed by atoms with van der Waals surface area (Å²) < 4.78 is 16.9. The van der Waals surface area contributed by atoms with Crippen molar-refractivity contribution in [3.05, 3.63) is 170 Å². The van der Waals surface area contributed by atoms with Gasteiger partial charge in [-0.1, -0.05) is 255 Å². The van der Waals surface area contributed by atoms with E-state index < -0.39 is 6.10 Å². The van der Waals surface area contributed by atoms with Crippen LogP contribution in [0, 0.1) is 0 Å². The number of allylic oxidation sites excluding steroid dienone is 28. The first-order valence-electron chi connectivity index (χ1n) is 31.6. The molecule has 0 heterocycles. The van der Waals surface area contributed by atoms with Crippen molar-refractivity contribution in [2.75, 3.05) is 13.2 Å². The van der Waals surface area contributed by atoms with Gasteiger partial charge in [-0.3, -0.25) is 14.4 Å². The molecule has 0 saturated carbocycles. The van der Waals surface area contributed by atoms with Gasteiger partial charge in [-0.25, -0.2) is 0 Å². The van der Waals surface area contributed by atoms with Gasteiger partial charge in [-0.2, -0.15) is 0 Å². The molecule has 6 nitrogen and oxygen atoms in total. The standard InChI is InChI=1S/C73H114O6/c1-4-7-10-13-16-19-22-25-28-30-32-33-34-35-36-37-38-39-41-42-45-48-51-54-57-60-63-66-72(75)78-69-70(68-77-71(74)65-62-59-56-53-50-47-44-27-24-21-18-15-12-9-6-3)79-73(76)67-64-61-58-55-52-49-46-43-40-31-29-26-23-20-17-14-11-8-5-2/h7-12,16-21,25-29,32-33,35-36,38-40,43-44,49,52,70H,4-6,13-15,22-24,30-31,34,37,41-42,45-48,50-51,53-69H2,1-3H3/b10-7-,11-8-,12-9-,19-16-,20-17-,21-18-,28-25-,29-26-,33-32-,36-35-,39-38-,43-40-,44-27-,52-49-. The number of unbranched alkanes of at least 4 members (excludes halogenated alkanes) is 16. The second-order valence-corrected chi connectivity index (χ2v) is 20.2. The second kappa shape index (κ2) is 65.3. The highest BCUT2D eigenvalue weighted by Crippen LogP contribution is 2.14. The molecule has 442 valence electrons. The molecule has 0 radical (unpaired) electrons. The predicted molar refractivity (Wildman–Crippen MR) is 343 cm³/mol. The Kier molecular flexibility index (Phi) is 61.0. The summed E-state index contributed by atoms with van der Waals surface area (Å²) in [6.45, 7) is 6.24. The van der Waals surface area contributed by atoms with E-state index in [4.69, 9.17) is 14.2 Å². The molecule has 1 unspecified atom stereocenters. The molecule has 0 aromatic rings. The first kappa shape index (κ1) is 73.8. The second-order valence-electron chi connectivity index (χ2n) is 20.2. The van der Waals surface area contributed by atoms with Crippen molar-refractivity contribution in [3.63, 3.8) is 0 Å². The van der Waals surface area contributed by atoms with Gasteiger partial charge in [-0.05, 0) is 148 Å². The zero-order valence-electron chi connectivity index (χ0n) is 50.6. The molecule has 0 amide bonds. The van der Waals surface area contributed by atoms with Gasteiger partial charge in [0.05, 0.1) is 0 Å². The zero-order chi connectivity index (χ0) is 57.1. The van der Waals surface area contributed by atoms with Crippen molar-refractivity contribution in [3.8, 4) is 0 Å². The summed E-state index contributed by atoms with van der Waals surface area (Å²) in [6, 6.07) is 0. The molecule has 0 aromatic carbocycles. The highest BCUT2D eigenvalue weighted by atomic mass is 16.6. The minimum Gasteiger partial charge on any atom is -0.462 e. The third kappa shape index (κ3) is 63.5. The van der Waals surface area contributed by atoms with Gasteiger partial charge in [0.15, 0.2) is 6.10 Å². The zero-order valence-corrected chi connectivity index (χ0v) is 50.6. The summed E-state index contributed by atoms with van der Waals surface area (Å²) in [4.78, 5) is 38.3. The van der Waals surface area contributed by atoms with E-state index in [0.717, 1.165) is 173 Å². The Labute approximate surface area is 485 Å². The largest absolute Gasteiger partial charge is 0.462 e. The van der Waals surface area contributed by atoms with E-state index in [1.54, 1.807) is 0 Å². The molecule has 0 N–H and O–H groups in total. The Morgan fingerprint density at radius 2 is 0.456 bits per heavy atom. The van der Waals surface area contributed by atoms with Gasteiger partial charge < -0.3 is 14.2 Å². The number of hydrogen-bond acceptors (Lipinski definition) is 6. The van der Waals surface area contributed by atoms with Gasteiger partial charge in [0.25, 0.3) is 0 Å². The van der Waals surface area contributed by atoms with Crippen molar-refractivity contribution in [2.24, 2.45) is 0 Å². The lowest BCUT2D eigenvalue weighted by atomic mass is 10.1. The minimum absolute atomic E-state index is 0.110. The van der Waals surface area contributed by atoms with E-state index in [2.05, 4.69) is 191 Å². The quantitative estimate of drug-likeness (QED) is 0.0261. The Morgan fingerprint density at radius 1 is 0.253 bits per heavy atom. The van der Waals surface area contributed by atoms with E-state index in [-0.39, 0.29) is 37.5 Å². The SMILES string of the molecule is CC/C=C\C/C=C\C/C=C\C/C=C\C/C=C\C/C=C\CCCCCCCCCCC(=O)OCC(COC(=O)CCCCCCC/C=C\C/C=C\C/C=C\CC)OC(=O)CCCCC/C=C\C/C=C\C/C=C\C/C=C\C/C=C\CC. The van der Waals surface area contributed by atoms with Gasteiger partial charge in [0.1, 0.15) is 13.2 Å². The van der Waals surface area contributed by atoms with E-state index in [1.165, 1.54) is 32.1 Å². The number of carbonyl (C=O) groups excluding carboxylic acids is 3.